The molecule has 8 heteroatoms. The van der Waals surface area contributed by atoms with E-state index < -0.39 is 17.7 Å². The monoisotopic (exact) mass is 348 g/mol. The van der Waals surface area contributed by atoms with Crippen LogP contribution in [0.2, 0.25) is 0 Å². The molecular weight excluding hydrogens is 334 g/mol. The Morgan fingerprint density at radius 3 is 2.79 bits per heavy atom. The second kappa shape index (κ2) is 7.06. The first-order chi connectivity index (χ1) is 11.6. The van der Waals surface area contributed by atoms with Crippen LogP contribution in [-0.4, -0.2) is 30.6 Å². The van der Waals surface area contributed by atoms with Crippen LogP contribution in [0.5, 0.6) is 0 Å². The summed E-state index contributed by atoms with van der Waals surface area (Å²) in [6.07, 6.45) is 2.28. The summed E-state index contributed by atoms with van der Waals surface area (Å²) in [7, 11) is 1.80. The van der Waals surface area contributed by atoms with E-state index in [0.717, 1.165) is 17.7 Å². The number of pyridine rings is 1. The third-order valence-corrected chi connectivity index (χ3v) is 4.54. The lowest BCUT2D eigenvalue weighted by Crippen LogP contribution is -2.05. The molecule has 124 valence electrons. The molecule has 0 aliphatic heterocycles. The average molecular weight is 348 g/mol. The predicted molar refractivity (Wildman–Crippen MR) is 86.3 cm³/mol. The Labute approximate surface area is 141 Å². The van der Waals surface area contributed by atoms with Crippen molar-refractivity contribution in [3.63, 3.8) is 0 Å². The lowest BCUT2D eigenvalue weighted by molar-refractivity contribution is 0.198. The van der Waals surface area contributed by atoms with Crippen LogP contribution in [0.25, 0.3) is 11.4 Å². The Morgan fingerprint density at radius 1 is 1.25 bits per heavy atom. The molecule has 0 saturated heterocycles. The number of aliphatic hydroxyl groups excluding tert-OH is 1. The van der Waals surface area contributed by atoms with E-state index in [-0.39, 0.29) is 11.3 Å². The van der Waals surface area contributed by atoms with Gasteiger partial charge in [0.05, 0.1) is 6.10 Å². The van der Waals surface area contributed by atoms with E-state index in [4.69, 9.17) is 0 Å². The third-order valence-electron chi connectivity index (χ3n) is 3.45. The highest BCUT2D eigenvalue weighted by Gasteiger charge is 2.17. The summed E-state index contributed by atoms with van der Waals surface area (Å²) in [4.78, 5) is 4.04. The van der Waals surface area contributed by atoms with Gasteiger partial charge in [-0.1, -0.05) is 17.8 Å². The molecule has 1 aromatic carbocycles. The number of halogens is 2. The highest BCUT2D eigenvalue weighted by atomic mass is 32.2. The highest BCUT2D eigenvalue weighted by Crippen LogP contribution is 2.27. The molecule has 2 aromatic heterocycles. The zero-order valence-electron chi connectivity index (χ0n) is 12.7. The maximum absolute atomic E-state index is 13.7. The van der Waals surface area contributed by atoms with Crippen molar-refractivity contribution in [2.45, 2.75) is 11.3 Å². The van der Waals surface area contributed by atoms with Crippen LogP contribution in [0.3, 0.4) is 0 Å². The number of hydrogen-bond donors (Lipinski definition) is 1. The van der Waals surface area contributed by atoms with E-state index in [2.05, 4.69) is 15.2 Å². The summed E-state index contributed by atoms with van der Waals surface area (Å²) < 4.78 is 28.4. The number of benzene rings is 1. The van der Waals surface area contributed by atoms with Gasteiger partial charge in [0.1, 0.15) is 11.6 Å². The molecule has 5 nitrogen and oxygen atoms in total. The summed E-state index contributed by atoms with van der Waals surface area (Å²) in [6.45, 7) is 0. The molecule has 0 radical (unpaired) electrons. The van der Waals surface area contributed by atoms with Gasteiger partial charge in [0.2, 0.25) is 0 Å². The Balaban J connectivity index is 1.72. The van der Waals surface area contributed by atoms with Crippen molar-refractivity contribution in [2.24, 2.45) is 7.05 Å². The third kappa shape index (κ3) is 3.44. The molecule has 0 aliphatic carbocycles. The van der Waals surface area contributed by atoms with Crippen LogP contribution >= 0.6 is 11.8 Å². The lowest BCUT2D eigenvalue weighted by Gasteiger charge is -2.11. The Morgan fingerprint density at radius 2 is 2.08 bits per heavy atom. The number of hydrogen-bond acceptors (Lipinski definition) is 5. The molecule has 1 atom stereocenters. The smallest absolute Gasteiger partial charge is 0.191 e. The Hall–Kier alpha value is -2.32. The molecule has 24 heavy (non-hydrogen) atoms. The van der Waals surface area contributed by atoms with Crippen LogP contribution in [0.4, 0.5) is 8.78 Å². The van der Waals surface area contributed by atoms with E-state index in [1.54, 1.807) is 30.1 Å². The fourth-order valence-electron chi connectivity index (χ4n) is 2.20. The van der Waals surface area contributed by atoms with Gasteiger partial charge in [0.15, 0.2) is 11.0 Å². The standard InChI is InChI=1S/C16H14F2N4OS/c1-22-15(10-3-2-6-19-8-10)20-21-16(22)24-9-14(23)12-5-4-11(17)7-13(12)18/h2-8,14,23H,9H2,1H3. The Kier molecular flexibility index (Phi) is 4.86. The minimum absolute atomic E-state index is 0.0542. The topological polar surface area (TPSA) is 63.8 Å². The van der Waals surface area contributed by atoms with Crippen molar-refractivity contribution in [1.82, 2.24) is 19.7 Å². The van der Waals surface area contributed by atoms with Crippen molar-refractivity contribution < 1.29 is 13.9 Å². The largest absolute Gasteiger partial charge is 0.387 e. The molecule has 0 spiro atoms. The minimum atomic E-state index is -1.07. The quantitative estimate of drug-likeness (QED) is 0.718. The molecule has 1 N–H and O–H groups in total. The lowest BCUT2D eigenvalue weighted by atomic mass is 10.1. The van der Waals surface area contributed by atoms with Crippen LogP contribution in [-0.2, 0) is 7.05 Å². The number of aromatic nitrogens is 4. The van der Waals surface area contributed by atoms with Gasteiger partial charge in [-0.2, -0.15) is 0 Å². The van der Waals surface area contributed by atoms with Crippen molar-refractivity contribution in [3.8, 4) is 11.4 Å². The minimum Gasteiger partial charge on any atom is -0.387 e. The molecule has 3 rings (SSSR count). The van der Waals surface area contributed by atoms with Gasteiger partial charge >= 0.3 is 0 Å². The van der Waals surface area contributed by atoms with E-state index in [1.807, 2.05) is 6.07 Å². The van der Waals surface area contributed by atoms with Gasteiger partial charge in [-0.15, -0.1) is 10.2 Å². The van der Waals surface area contributed by atoms with E-state index in [0.29, 0.717) is 11.0 Å². The van der Waals surface area contributed by atoms with Gasteiger partial charge in [0, 0.05) is 42.4 Å². The summed E-state index contributed by atoms with van der Waals surface area (Å²) in [5, 5.41) is 18.9. The Bertz CT molecular complexity index is 841. The zero-order valence-corrected chi connectivity index (χ0v) is 13.5. The molecule has 2 heterocycles. The van der Waals surface area contributed by atoms with Crippen molar-refractivity contribution in [3.05, 3.63) is 59.9 Å². The van der Waals surface area contributed by atoms with E-state index in [1.165, 1.54) is 17.8 Å². The van der Waals surface area contributed by atoms with Gasteiger partial charge in [-0.3, -0.25) is 4.98 Å². The summed E-state index contributed by atoms with van der Waals surface area (Å²) in [5.74, 6) is -0.627. The summed E-state index contributed by atoms with van der Waals surface area (Å²) in [6, 6.07) is 6.79. The molecule has 0 aliphatic rings. The fraction of sp³-hybridized carbons (Fsp3) is 0.188. The SMILES string of the molecule is Cn1c(SCC(O)c2ccc(F)cc2F)nnc1-c1cccnc1. The van der Waals surface area contributed by atoms with Crippen LogP contribution in [0, 0.1) is 11.6 Å². The number of aliphatic hydroxyl groups is 1. The zero-order chi connectivity index (χ0) is 17.1. The first kappa shape index (κ1) is 16.5. The normalized spacial score (nSPS) is 12.3. The van der Waals surface area contributed by atoms with E-state index >= 15 is 0 Å². The molecule has 0 fully saturated rings. The first-order valence-electron chi connectivity index (χ1n) is 7.12. The second-order valence-corrected chi connectivity index (χ2v) is 6.09. The average Bonchev–Trinajstić information content (AvgIpc) is 2.94. The highest BCUT2D eigenvalue weighted by molar-refractivity contribution is 7.99. The maximum Gasteiger partial charge on any atom is 0.191 e. The number of nitrogens with zero attached hydrogens (tertiary/aromatic N) is 4. The van der Waals surface area contributed by atoms with Crippen molar-refractivity contribution in [2.75, 3.05) is 5.75 Å². The molecular formula is C16H14F2N4OS. The van der Waals surface area contributed by atoms with Crippen LogP contribution in [0.15, 0.2) is 47.9 Å². The number of thioether (sulfide) groups is 1. The molecule has 0 bridgehead atoms. The van der Waals surface area contributed by atoms with Crippen LogP contribution in [0.1, 0.15) is 11.7 Å². The molecule has 0 saturated carbocycles. The van der Waals surface area contributed by atoms with Gasteiger partial charge in [-0.05, 0) is 18.2 Å². The van der Waals surface area contributed by atoms with Crippen molar-refractivity contribution >= 4 is 11.8 Å². The summed E-state index contributed by atoms with van der Waals surface area (Å²) in [5.41, 5.74) is 0.878. The maximum atomic E-state index is 13.7. The summed E-state index contributed by atoms with van der Waals surface area (Å²) >= 11 is 1.24. The molecule has 3 aromatic rings. The second-order valence-electron chi connectivity index (χ2n) is 5.10. The number of rotatable bonds is 5. The van der Waals surface area contributed by atoms with Gasteiger partial charge in [-0.25, -0.2) is 8.78 Å². The van der Waals surface area contributed by atoms with Gasteiger partial charge in [0.25, 0.3) is 0 Å². The molecule has 0 amide bonds. The van der Waals surface area contributed by atoms with Crippen molar-refractivity contribution in [1.29, 1.82) is 0 Å². The first-order valence-corrected chi connectivity index (χ1v) is 8.10. The van der Waals surface area contributed by atoms with Gasteiger partial charge < -0.3 is 9.67 Å². The van der Waals surface area contributed by atoms with E-state index in [9.17, 15) is 13.9 Å². The predicted octanol–water partition coefficient (Wildman–Crippen LogP) is 2.98. The molecule has 1 unspecified atom stereocenters. The fourth-order valence-corrected chi connectivity index (χ4v) is 3.07. The van der Waals surface area contributed by atoms with Crippen LogP contribution < -0.4 is 0 Å².